The fourth-order valence-electron chi connectivity index (χ4n) is 2.85. The molecule has 24 heavy (non-hydrogen) atoms. The van der Waals surface area contributed by atoms with Crippen molar-refractivity contribution < 1.29 is 4.79 Å². The Bertz CT molecular complexity index is 663. The van der Waals surface area contributed by atoms with Crippen LogP contribution >= 0.6 is 0 Å². The number of aryl methyl sites for hydroxylation is 1. The minimum Gasteiger partial charge on any atom is -0.333 e. The van der Waals surface area contributed by atoms with E-state index in [1.54, 1.807) is 10.9 Å². The van der Waals surface area contributed by atoms with Crippen molar-refractivity contribution in [2.24, 2.45) is 7.05 Å². The fraction of sp³-hybridized carbons (Fsp3) is 0.526. The van der Waals surface area contributed by atoms with Gasteiger partial charge in [0.1, 0.15) is 5.69 Å². The fourth-order valence-corrected chi connectivity index (χ4v) is 2.85. The lowest BCUT2D eigenvalue weighted by Crippen LogP contribution is -2.32. The van der Waals surface area contributed by atoms with Gasteiger partial charge in [0, 0.05) is 26.5 Å². The molecular weight excluding hydrogens is 300 g/mol. The van der Waals surface area contributed by atoms with Gasteiger partial charge in [-0.25, -0.2) is 0 Å². The summed E-state index contributed by atoms with van der Waals surface area (Å²) in [5.74, 6) is 0.305. The van der Waals surface area contributed by atoms with Gasteiger partial charge in [-0.15, -0.1) is 0 Å². The van der Waals surface area contributed by atoms with E-state index in [1.807, 2.05) is 43.4 Å². The van der Waals surface area contributed by atoms with Gasteiger partial charge >= 0.3 is 0 Å². The minimum absolute atomic E-state index is 0.00172. The molecule has 0 bridgehead atoms. The van der Waals surface area contributed by atoms with E-state index in [9.17, 15) is 4.79 Å². The zero-order chi connectivity index (χ0) is 17.7. The van der Waals surface area contributed by atoms with E-state index < -0.39 is 0 Å². The molecule has 0 aliphatic heterocycles. The molecule has 0 N–H and O–H groups in total. The van der Waals surface area contributed by atoms with Crippen LogP contribution in [0.15, 0.2) is 30.6 Å². The SMILES string of the molecule is CCCCC(c1cccnc1)N(C)C(=O)c1cc(C(C)C)nn1C. The van der Waals surface area contributed by atoms with E-state index in [1.165, 1.54) is 0 Å². The molecule has 0 aliphatic carbocycles. The summed E-state index contributed by atoms with van der Waals surface area (Å²) >= 11 is 0. The number of carbonyl (C=O) groups is 1. The maximum atomic E-state index is 13.0. The molecule has 1 atom stereocenters. The number of carbonyl (C=O) groups excluding carboxylic acids is 1. The highest BCUT2D eigenvalue weighted by molar-refractivity contribution is 5.92. The van der Waals surface area contributed by atoms with Crippen LogP contribution in [0.3, 0.4) is 0 Å². The number of aromatic nitrogens is 3. The summed E-state index contributed by atoms with van der Waals surface area (Å²) in [4.78, 5) is 19.1. The Kier molecular flexibility index (Phi) is 6.12. The number of rotatable bonds is 7. The van der Waals surface area contributed by atoms with Gasteiger partial charge in [0.25, 0.3) is 5.91 Å². The van der Waals surface area contributed by atoms with Gasteiger partial charge in [-0.3, -0.25) is 14.5 Å². The summed E-state index contributed by atoms with van der Waals surface area (Å²) in [6.07, 6.45) is 6.71. The van der Waals surface area contributed by atoms with Crippen LogP contribution in [-0.4, -0.2) is 32.6 Å². The molecule has 1 unspecified atom stereocenters. The van der Waals surface area contributed by atoms with Crippen LogP contribution in [0.5, 0.6) is 0 Å². The second-order valence-electron chi connectivity index (χ2n) is 6.59. The van der Waals surface area contributed by atoms with Gasteiger partial charge in [-0.05, 0) is 30.0 Å². The van der Waals surface area contributed by atoms with Gasteiger partial charge in [0.15, 0.2) is 0 Å². The third-order valence-electron chi connectivity index (χ3n) is 4.40. The monoisotopic (exact) mass is 328 g/mol. The van der Waals surface area contributed by atoms with E-state index in [0.29, 0.717) is 11.6 Å². The summed E-state index contributed by atoms with van der Waals surface area (Å²) in [5.41, 5.74) is 2.65. The van der Waals surface area contributed by atoms with E-state index in [4.69, 9.17) is 0 Å². The molecule has 0 saturated carbocycles. The molecule has 0 aliphatic rings. The third kappa shape index (κ3) is 4.02. The zero-order valence-electron chi connectivity index (χ0n) is 15.4. The number of hydrogen-bond donors (Lipinski definition) is 0. The summed E-state index contributed by atoms with van der Waals surface area (Å²) in [7, 11) is 3.70. The van der Waals surface area contributed by atoms with Gasteiger partial charge < -0.3 is 4.90 Å². The van der Waals surface area contributed by atoms with Crippen LogP contribution in [0.1, 0.15) is 73.7 Å². The van der Waals surface area contributed by atoms with Crippen molar-refractivity contribution in [3.63, 3.8) is 0 Å². The van der Waals surface area contributed by atoms with Crippen LogP contribution in [-0.2, 0) is 7.05 Å². The van der Waals surface area contributed by atoms with Crippen molar-refractivity contribution in [2.45, 2.75) is 52.0 Å². The van der Waals surface area contributed by atoms with Crippen molar-refractivity contribution in [3.05, 3.63) is 47.5 Å². The third-order valence-corrected chi connectivity index (χ3v) is 4.40. The number of unbranched alkanes of at least 4 members (excludes halogenated alkanes) is 1. The van der Waals surface area contributed by atoms with E-state index in [-0.39, 0.29) is 11.9 Å². The van der Waals surface area contributed by atoms with Gasteiger partial charge in [-0.1, -0.05) is 39.7 Å². The molecule has 130 valence electrons. The largest absolute Gasteiger partial charge is 0.333 e. The summed E-state index contributed by atoms with van der Waals surface area (Å²) in [6, 6.07) is 5.90. The number of amides is 1. The average Bonchev–Trinajstić information content (AvgIpc) is 2.97. The molecule has 0 aromatic carbocycles. The second kappa shape index (κ2) is 8.08. The number of pyridine rings is 1. The highest BCUT2D eigenvalue weighted by Gasteiger charge is 2.25. The molecule has 0 spiro atoms. The van der Waals surface area contributed by atoms with E-state index in [0.717, 1.165) is 30.5 Å². The lowest BCUT2D eigenvalue weighted by atomic mass is 10.0. The van der Waals surface area contributed by atoms with Crippen LogP contribution in [0, 0.1) is 0 Å². The first-order chi connectivity index (χ1) is 11.5. The predicted molar refractivity (Wildman–Crippen MR) is 95.9 cm³/mol. The van der Waals surface area contributed by atoms with Crippen LogP contribution < -0.4 is 0 Å². The molecule has 0 saturated heterocycles. The quantitative estimate of drug-likeness (QED) is 0.773. The lowest BCUT2D eigenvalue weighted by molar-refractivity contribution is 0.0709. The molecule has 5 heteroatoms. The Morgan fingerprint density at radius 2 is 2.12 bits per heavy atom. The highest BCUT2D eigenvalue weighted by Crippen LogP contribution is 2.26. The Morgan fingerprint density at radius 1 is 1.38 bits per heavy atom. The Balaban J connectivity index is 2.28. The predicted octanol–water partition coefficient (Wildman–Crippen LogP) is 3.94. The molecule has 2 heterocycles. The first kappa shape index (κ1) is 18.2. The van der Waals surface area contributed by atoms with Crippen molar-refractivity contribution in [3.8, 4) is 0 Å². The molecule has 2 aromatic rings. The van der Waals surface area contributed by atoms with Crippen molar-refractivity contribution in [1.82, 2.24) is 19.7 Å². The Labute approximate surface area is 144 Å². The standard InChI is InChI=1S/C19H28N4O/c1-6-7-10-17(15-9-8-11-20-13-15)22(4)19(24)18-12-16(14(2)3)21-23(18)5/h8-9,11-14,17H,6-7,10H2,1-5H3. The van der Waals surface area contributed by atoms with Crippen LogP contribution in [0.25, 0.3) is 0 Å². The lowest BCUT2D eigenvalue weighted by Gasteiger charge is -2.28. The molecule has 5 nitrogen and oxygen atoms in total. The first-order valence-electron chi connectivity index (χ1n) is 8.66. The highest BCUT2D eigenvalue weighted by atomic mass is 16.2. The molecule has 0 fully saturated rings. The second-order valence-corrected chi connectivity index (χ2v) is 6.59. The molecule has 2 aromatic heterocycles. The molecule has 0 radical (unpaired) electrons. The minimum atomic E-state index is 0.00172. The Hall–Kier alpha value is -2.17. The summed E-state index contributed by atoms with van der Waals surface area (Å²) in [5, 5.41) is 4.46. The van der Waals surface area contributed by atoms with Crippen molar-refractivity contribution >= 4 is 5.91 Å². The molecule has 1 amide bonds. The van der Waals surface area contributed by atoms with Crippen molar-refractivity contribution in [2.75, 3.05) is 7.05 Å². The summed E-state index contributed by atoms with van der Waals surface area (Å²) < 4.78 is 1.69. The van der Waals surface area contributed by atoms with Gasteiger partial charge in [0.05, 0.1) is 11.7 Å². The molecule has 2 rings (SSSR count). The maximum Gasteiger partial charge on any atom is 0.272 e. The average molecular weight is 328 g/mol. The Morgan fingerprint density at radius 3 is 2.67 bits per heavy atom. The number of nitrogens with zero attached hydrogens (tertiary/aromatic N) is 4. The van der Waals surface area contributed by atoms with Crippen molar-refractivity contribution in [1.29, 1.82) is 0 Å². The van der Waals surface area contributed by atoms with E-state index >= 15 is 0 Å². The maximum absolute atomic E-state index is 13.0. The zero-order valence-corrected chi connectivity index (χ0v) is 15.4. The van der Waals surface area contributed by atoms with E-state index in [2.05, 4.69) is 30.9 Å². The normalized spacial score (nSPS) is 12.4. The summed E-state index contributed by atoms with van der Waals surface area (Å²) in [6.45, 7) is 6.33. The van der Waals surface area contributed by atoms with Gasteiger partial charge in [0.2, 0.25) is 0 Å². The topological polar surface area (TPSA) is 51.0 Å². The first-order valence-corrected chi connectivity index (χ1v) is 8.66. The van der Waals surface area contributed by atoms with Crippen LogP contribution in [0.2, 0.25) is 0 Å². The van der Waals surface area contributed by atoms with Crippen LogP contribution in [0.4, 0.5) is 0 Å². The molecular formula is C19H28N4O. The smallest absolute Gasteiger partial charge is 0.272 e. The van der Waals surface area contributed by atoms with Gasteiger partial charge in [-0.2, -0.15) is 5.10 Å². The number of hydrogen-bond acceptors (Lipinski definition) is 3.